The van der Waals surface area contributed by atoms with Crippen molar-refractivity contribution in [1.29, 1.82) is 0 Å². The van der Waals surface area contributed by atoms with E-state index in [9.17, 15) is 0 Å². The van der Waals surface area contributed by atoms with Crippen LogP contribution in [-0.4, -0.2) is 16.9 Å². The zero-order chi connectivity index (χ0) is 18.5. The average Bonchev–Trinajstić information content (AvgIpc) is 3.05. The number of rotatable bonds is 5. The van der Waals surface area contributed by atoms with E-state index in [2.05, 4.69) is 42.4 Å². The minimum Gasteiger partial charge on any atom is -0.265 e. The van der Waals surface area contributed by atoms with Gasteiger partial charge in [0.15, 0.2) is 0 Å². The molecule has 0 amide bonds. The molecule has 3 aromatic rings. The van der Waals surface area contributed by atoms with Crippen LogP contribution in [0.25, 0.3) is 0 Å². The molecule has 0 saturated carbocycles. The molecule has 0 aliphatic carbocycles. The van der Waals surface area contributed by atoms with Gasteiger partial charge in [-0.25, -0.2) is 0 Å². The number of nitrogens with zero attached hydrogens (tertiary/aromatic N) is 7. The zero-order valence-electron chi connectivity index (χ0n) is 14.7. The minimum absolute atomic E-state index is 0.540. The molecule has 0 aliphatic rings. The van der Waals surface area contributed by atoms with Crippen LogP contribution in [0.1, 0.15) is 16.1 Å². The minimum atomic E-state index is 0.540. The molecule has 0 saturated heterocycles. The summed E-state index contributed by atoms with van der Waals surface area (Å²) in [5.74, 6) is 0. The molecule has 1 aromatic heterocycles. The summed E-state index contributed by atoms with van der Waals surface area (Å²) in [6, 6.07) is 11.3. The Morgan fingerprint density at radius 1 is 0.769 bits per heavy atom. The molecule has 0 aliphatic heterocycles. The zero-order valence-corrected chi connectivity index (χ0v) is 15.5. The van der Waals surface area contributed by atoms with E-state index < -0.39 is 0 Å². The summed E-state index contributed by atoms with van der Waals surface area (Å²) in [5.41, 5.74) is 5.07. The highest BCUT2D eigenvalue weighted by Crippen LogP contribution is 2.29. The third-order valence-electron chi connectivity index (χ3n) is 3.58. The van der Waals surface area contributed by atoms with Crippen LogP contribution in [0.4, 0.5) is 27.9 Å². The first kappa shape index (κ1) is 17.7. The largest absolute Gasteiger partial charge is 0.265 e. The van der Waals surface area contributed by atoms with Gasteiger partial charge < -0.3 is 0 Å². The molecule has 0 unspecified atom stereocenters. The van der Waals surface area contributed by atoms with Crippen LogP contribution in [0, 0.1) is 20.8 Å². The van der Waals surface area contributed by atoms with Crippen molar-refractivity contribution < 1.29 is 0 Å². The van der Waals surface area contributed by atoms with Crippen LogP contribution in [0.2, 0.25) is 0 Å². The summed E-state index contributed by atoms with van der Waals surface area (Å²) >= 11 is 1.40. The van der Waals surface area contributed by atoms with E-state index in [1.54, 1.807) is 0 Å². The Morgan fingerprint density at radius 3 is 1.96 bits per heavy atom. The maximum atomic E-state index is 4.31. The lowest BCUT2D eigenvalue weighted by atomic mass is 10.2. The molecular formula is C18H17N7S. The topological polar surface area (TPSA) is 87.6 Å². The van der Waals surface area contributed by atoms with Gasteiger partial charge in [-0.3, -0.25) is 4.99 Å². The molecule has 0 radical (unpaired) electrons. The second-order valence-electron chi connectivity index (χ2n) is 5.60. The van der Waals surface area contributed by atoms with Gasteiger partial charge in [0.25, 0.3) is 5.13 Å². The van der Waals surface area contributed by atoms with Gasteiger partial charge in [0.1, 0.15) is 5.01 Å². The molecular weight excluding hydrogens is 346 g/mol. The fourth-order valence-corrected chi connectivity index (χ4v) is 2.71. The first-order chi connectivity index (χ1) is 12.5. The number of aryl methyl sites for hydroxylation is 3. The summed E-state index contributed by atoms with van der Waals surface area (Å²) in [6.45, 7) is 9.32. The van der Waals surface area contributed by atoms with Gasteiger partial charge in [0, 0.05) is 0 Å². The van der Waals surface area contributed by atoms with Crippen LogP contribution in [-0.2, 0) is 0 Å². The van der Waals surface area contributed by atoms with E-state index in [-0.39, 0.29) is 0 Å². The molecule has 3 rings (SSSR count). The van der Waals surface area contributed by atoms with Crippen LogP contribution in [0.15, 0.2) is 61.8 Å². The van der Waals surface area contributed by atoms with Gasteiger partial charge in [0.05, 0.1) is 22.7 Å². The van der Waals surface area contributed by atoms with Crippen molar-refractivity contribution in [2.75, 3.05) is 0 Å². The van der Waals surface area contributed by atoms with E-state index in [0.29, 0.717) is 5.13 Å². The number of aliphatic imine (C=N–C) groups is 1. The Bertz CT molecular complexity index is 1000. The van der Waals surface area contributed by atoms with Crippen LogP contribution in [0.5, 0.6) is 0 Å². The van der Waals surface area contributed by atoms with Crippen molar-refractivity contribution >= 4 is 45.9 Å². The van der Waals surface area contributed by atoms with Crippen molar-refractivity contribution in [1.82, 2.24) is 10.2 Å². The molecule has 2 aromatic carbocycles. The average molecular weight is 363 g/mol. The third-order valence-corrected chi connectivity index (χ3v) is 4.30. The van der Waals surface area contributed by atoms with E-state index in [1.165, 1.54) is 11.3 Å². The normalized spacial score (nSPS) is 11.5. The smallest absolute Gasteiger partial charge is 0.251 e. The van der Waals surface area contributed by atoms with Gasteiger partial charge in [-0.2, -0.15) is 10.2 Å². The van der Waals surface area contributed by atoms with Crippen molar-refractivity contribution in [3.05, 3.63) is 52.5 Å². The highest BCUT2D eigenvalue weighted by atomic mass is 32.1. The monoisotopic (exact) mass is 363 g/mol. The van der Waals surface area contributed by atoms with Crippen molar-refractivity contribution in [2.45, 2.75) is 20.8 Å². The first-order valence-corrected chi connectivity index (χ1v) is 8.68. The van der Waals surface area contributed by atoms with Crippen LogP contribution >= 0.6 is 11.3 Å². The lowest BCUT2D eigenvalue weighted by Crippen LogP contribution is -1.75. The second-order valence-corrected chi connectivity index (χ2v) is 6.76. The number of benzene rings is 2. The molecule has 8 heteroatoms. The SMILES string of the molecule is C=Nc1ccc(N=Nc2ccc(N=Nc3nnc(C)s3)c(C)c2)c(C)c1. The predicted octanol–water partition coefficient (Wildman–Crippen LogP) is 6.63. The fourth-order valence-electron chi connectivity index (χ4n) is 2.20. The summed E-state index contributed by atoms with van der Waals surface area (Å²) in [4.78, 5) is 3.90. The fraction of sp³-hybridized carbons (Fsp3) is 0.167. The van der Waals surface area contributed by atoms with Gasteiger partial charge in [-0.1, -0.05) is 11.3 Å². The quantitative estimate of drug-likeness (QED) is 0.376. The highest BCUT2D eigenvalue weighted by molar-refractivity contribution is 7.14. The summed E-state index contributed by atoms with van der Waals surface area (Å²) in [5, 5.41) is 26.2. The standard InChI is InChI=1S/C18H17N7S/c1-11-9-14(19-4)5-7-16(11)22-21-15-6-8-17(12(2)10-15)23-25-18-24-20-13(3)26-18/h5-10H,4H2,1-3H3. The summed E-state index contributed by atoms with van der Waals surface area (Å²) < 4.78 is 0. The third kappa shape index (κ3) is 4.28. The van der Waals surface area contributed by atoms with Crippen LogP contribution in [0.3, 0.4) is 0 Å². The second kappa shape index (κ2) is 7.83. The molecule has 0 atom stereocenters. The maximum Gasteiger partial charge on any atom is 0.251 e. The van der Waals surface area contributed by atoms with Gasteiger partial charge in [-0.15, -0.1) is 20.4 Å². The Kier molecular flexibility index (Phi) is 5.33. The van der Waals surface area contributed by atoms with Gasteiger partial charge >= 0.3 is 0 Å². The summed E-state index contributed by atoms with van der Waals surface area (Å²) in [6.07, 6.45) is 0. The predicted molar refractivity (Wildman–Crippen MR) is 105 cm³/mol. The van der Waals surface area contributed by atoms with Gasteiger partial charge in [-0.05, 0) is 75.0 Å². The number of aromatic nitrogens is 2. The molecule has 26 heavy (non-hydrogen) atoms. The number of hydrogen-bond donors (Lipinski definition) is 0. The van der Waals surface area contributed by atoms with E-state index in [1.807, 2.05) is 57.2 Å². The first-order valence-electron chi connectivity index (χ1n) is 7.87. The molecule has 130 valence electrons. The van der Waals surface area contributed by atoms with E-state index >= 15 is 0 Å². The Morgan fingerprint density at radius 2 is 1.38 bits per heavy atom. The Balaban J connectivity index is 1.77. The summed E-state index contributed by atoms with van der Waals surface area (Å²) in [7, 11) is 0. The Hall–Kier alpha value is -3.13. The van der Waals surface area contributed by atoms with E-state index in [0.717, 1.165) is 38.9 Å². The van der Waals surface area contributed by atoms with Crippen LogP contribution < -0.4 is 0 Å². The number of hydrogen-bond acceptors (Lipinski definition) is 8. The molecule has 0 fully saturated rings. The molecule has 0 bridgehead atoms. The Labute approximate surface area is 155 Å². The molecule has 1 heterocycles. The molecule has 0 spiro atoms. The van der Waals surface area contributed by atoms with E-state index in [4.69, 9.17) is 0 Å². The van der Waals surface area contributed by atoms with Crippen molar-refractivity contribution in [2.24, 2.45) is 25.4 Å². The van der Waals surface area contributed by atoms with Gasteiger partial charge in [0.2, 0.25) is 0 Å². The number of azo groups is 2. The van der Waals surface area contributed by atoms with Crippen molar-refractivity contribution in [3.8, 4) is 0 Å². The lowest BCUT2D eigenvalue weighted by Gasteiger charge is -2.01. The maximum absolute atomic E-state index is 4.31. The lowest BCUT2D eigenvalue weighted by molar-refractivity contribution is 1.02. The highest BCUT2D eigenvalue weighted by Gasteiger charge is 2.02. The molecule has 7 nitrogen and oxygen atoms in total. The molecule has 0 N–H and O–H groups in total. The van der Waals surface area contributed by atoms with Crippen molar-refractivity contribution in [3.63, 3.8) is 0 Å².